The third kappa shape index (κ3) is 4.36. The van der Waals surface area contributed by atoms with Crippen molar-refractivity contribution >= 4 is 22.6 Å². The number of carbonyl (C=O) groups is 1. The van der Waals surface area contributed by atoms with Crippen molar-refractivity contribution in [3.8, 4) is 0 Å². The Kier molecular flexibility index (Phi) is 3.99. The predicted octanol–water partition coefficient (Wildman–Crippen LogP) is 1.98. The molecule has 0 aromatic carbocycles. The molecule has 0 aliphatic carbocycles. The largest absolute Gasteiger partial charge is 0.461 e. The topological polar surface area (TPSA) is 44.8 Å². The maximum absolute atomic E-state index is 11.6. The van der Waals surface area contributed by atoms with Crippen LogP contribution in [0.15, 0.2) is 0 Å². The van der Waals surface area contributed by atoms with E-state index in [0.717, 1.165) is 0 Å². The normalized spacial score (nSPS) is 27.0. The molecule has 16 heavy (non-hydrogen) atoms. The molecule has 1 saturated heterocycles. The number of hydrogen-bond donors (Lipinski definition) is 0. The smallest absolute Gasteiger partial charge is 0.336 e. The zero-order valence-electron chi connectivity index (χ0n) is 11.0. The molecule has 0 radical (unpaired) electrons. The van der Waals surface area contributed by atoms with Gasteiger partial charge in [0.25, 0.3) is 0 Å². The molecule has 1 rings (SSSR count). The van der Waals surface area contributed by atoms with Crippen LogP contribution in [0.4, 0.5) is 0 Å². The van der Waals surface area contributed by atoms with Crippen molar-refractivity contribution in [2.45, 2.75) is 51.5 Å². The zero-order chi connectivity index (χ0) is 12.6. The van der Waals surface area contributed by atoms with E-state index in [9.17, 15) is 4.79 Å². The Bertz CT molecular complexity index is 267. The van der Waals surface area contributed by atoms with Gasteiger partial charge in [-0.1, -0.05) is 0 Å². The van der Waals surface area contributed by atoms with Gasteiger partial charge in [-0.15, -0.1) is 0 Å². The van der Waals surface area contributed by atoms with Gasteiger partial charge in [0, 0.05) is 0 Å². The lowest BCUT2D eigenvalue weighted by Crippen LogP contribution is -2.45. The van der Waals surface area contributed by atoms with Gasteiger partial charge in [-0.05, 0) is 39.3 Å². The molecule has 1 aliphatic rings. The molecule has 4 nitrogen and oxygen atoms in total. The van der Waals surface area contributed by atoms with E-state index >= 15 is 0 Å². The minimum atomic E-state index is -1.75. The summed E-state index contributed by atoms with van der Waals surface area (Å²) in [5.41, 5.74) is 0. The van der Waals surface area contributed by atoms with Crippen molar-refractivity contribution in [1.82, 2.24) is 0 Å². The molecule has 0 saturated carbocycles. The zero-order valence-corrected chi connectivity index (χ0v) is 13.0. The molecule has 2 atom stereocenters. The lowest BCUT2D eigenvalue weighted by atomic mass is 10.3. The van der Waals surface area contributed by atoms with Crippen LogP contribution < -0.4 is 0 Å². The number of ether oxygens (including phenoxy) is 1. The summed E-state index contributed by atoms with van der Waals surface area (Å²) in [7, 11) is -3.41. The highest BCUT2D eigenvalue weighted by molar-refractivity contribution is 6.70. The monoisotopic (exact) mass is 262 g/mol. The summed E-state index contributed by atoms with van der Waals surface area (Å²) in [5.74, 6) is -0.273. The van der Waals surface area contributed by atoms with Crippen LogP contribution in [-0.2, 0) is 18.4 Å². The van der Waals surface area contributed by atoms with Gasteiger partial charge in [0.15, 0.2) is 22.7 Å². The fourth-order valence-corrected chi connectivity index (χ4v) is 3.65. The van der Waals surface area contributed by atoms with Gasteiger partial charge >= 0.3 is 5.97 Å². The Labute approximate surface area is 99.5 Å². The van der Waals surface area contributed by atoms with Crippen molar-refractivity contribution in [2.75, 3.05) is 6.61 Å². The van der Waals surface area contributed by atoms with Crippen molar-refractivity contribution < 1.29 is 18.4 Å². The average Bonchev–Trinajstić information content (AvgIpc) is 2.30. The third-order valence-electron chi connectivity index (χ3n) is 1.95. The Morgan fingerprint density at radius 2 is 1.56 bits per heavy atom. The first-order chi connectivity index (χ1) is 7.08. The quantitative estimate of drug-likeness (QED) is 0.574. The van der Waals surface area contributed by atoms with Crippen LogP contribution in [0.5, 0.6) is 0 Å². The molecule has 0 unspecified atom stereocenters. The standard InChI is InChI=1S/C10H22O4Si2/c1-15(2,3)13-8-7-12-10(11)9(8)14-16(4,5)6/h8-9H,7H2,1-6H3/t8-,9+/m1/s1. The minimum absolute atomic E-state index is 0.217. The SMILES string of the molecule is C[Si](C)(C)O[C@@H]1C(=O)OC[C@H]1O[Si](C)(C)C. The van der Waals surface area contributed by atoms with E-state index < -0.39 is 22.7 Å². The molecule has 1 fully saturated rings. The van der Waals surface area contributed by atoms with Crippen LogP contribution in [0, 0.1) is 0 Å². The summed E-state index contributed by atoms with van der Waals surface area (Å²) >= 11 is 0. The molecule has 0 amide bonds. The molecule has 1 heterocycles. The van der Waals surface area contributed by atoms with E-state index in [0.29, 0.717) is 6.61 Å². The number of rotatable bonds is 4. The van der Waals surface area contributed by atoms with E-state index in [1.54, 1.807) is 0 Å². The van der Waals surface area contributed by atoms with E-state index in [1.165, 1.54) is 0 Å². The maximum Gasteiger partial charge on any atom is 0.336 e. The molecule has 0 N–H and O–H groups in total. The van der Waals surface area contributed by atoms with Crippen LogP contribution in [0.3, 0.4) is 0 Å². The molecule has 0 aromatic rings. The Morgan fingerprint density at radius 1 is 1.06 bits per heavy atom. The first-order valence-electron chi connectivity index (χ1n) is 5.61. The fraction of sp³-hybridized carbons (Fsp3) is 0.900. The highest BCUT2D eigenvalue weighted by atomic mass is 28.4. The van der Waals surface area contributed by atoms with Gasteiger partial charge in [-0.2, -0.15) is 0 Å². The van der Waals surface area contributed by atoms with Crippen LogP contribution in [0.1, 0.15) is 0 Å². The first-order valence-corrected chi connectivity index (χ1v) is 12.4. The Hall–Kier alpha value is -0.176. The predicted molar refractivity (Wildman–Crippen MR) is 67.4 cm³/mol. The van der Waals surface area contributed by atoms with Crippen LogP contribution >= 0.6 is 0 Å². The Morgan fingerprint density at radius 3 is 2.00 bits per heavy atom. The highest BCUT2D eigenvalue weighted by Crippen LogP contribution is 2.22. The second-order valence-corrected chi connectivity index (χ2v) is 15.0. The first kappa shape index (κ1) is 13.9. The van der Waals surface area contributed by atoms with Crippen LogP contribution in [0.2, 0.25) is 39.3 Å². The van der Waals surface area contributed by atoms with E-state index in [-0.39, 0.29) is 12.1 Å². The van der Waals surface area contributed by atoms with Gasteiger partial charge in [0.05, 0.1) is 0 Å². The second-order valence-electron chi connectivity index (χ2n) is 6.05. The summed E-state index contributed by atoms with van der Waals surface area (Å²) in [6.07, 6.45) is -0.732. The van der Waals surface area contributed by atoms with E-state index in [2.05, 4.69) is 39.3 Å². The molecular formula is C10H22O4Si2. The summed E-state index contributed by atoms with van der Waals surface area (Å²) in [5, 5.41) is 0. The summed E-state index contributed by atoms with van der Waals surface area (Å²) in [6.45, 7) is 12.8. The van der Waals surface area contributed by atoms with Crippen molar-refractivity contribution in [3.05, 3.63) is 0 Å². The van der Waals surface area contributed by atoms with Crippen LogP contribution in [0.25, 0.3) is 0 Å². The van der Waals surface area contributed by atoms with E-state index in [4.69, 9.17) is 13.6 Å². The van der Waals surface area contributed by atoms with Crippen molar-refractivity contribution in [2.24, 2.45) is 0 Å². The summed E-state index contributed by atoms with van der Waals surface area (Å²) < 4.78 is 16.8. The van der Waals surface area contributed by atoms with Crippen LogP contribution in [-0.4, -0.2) is 41.4 Å². The number of esters is 1. The lowest BCUT2D eigenvalue weighted by molar-refractivity contribution is -0.144. The number of cyclic esters (lactones) is 1. The highest BCUT2D eigenvalue weighted by Gasteiger charge is 2.43. The molecule has 0 bridgehead atoms. The Balaban J connectivity index is 2.67. The molecular weight excluding hydrogens is 240 g/mol. The third-order valence-corrected chi connectivity index (χ3v) is 3.92. The summed E-state index contributed by atoms with van der Waals surface area (Å²) in [4.78, 5) is 11.6. The van der Waals surface area contributed by atoms with Gasteiger partial charge in [-0.25, -0.2) is 4.79 Å². The summed E-state index contributed by atoms with van der Waals surface area (Å²) in [6, 6.07) is 0. The minimum Gasteiger partial charge on any atom is -0.461 e. The number of carbonyl (C=O) groups excluding carboxylic acids is 1. The molecule has 1 aliphatic heterocycles. The maximum atomic E-state index is 11.6. The van der Waals surface area contributed by atoms with E-state index in [1.807, 2.05) is 0 Å². The molecule has 94 valence electrons. The number of hydrogen-bond acceptors (Lipinski definition) is 4. The molecule has 6 heteroatoms. The van der Waals surface area contributed by atoms with Gasteiger partial charge in [0.1, 0.15) is 12.7 Å². The van der Waals surface area contributed by atoms with Gasteiger partial charge in [0.2, 0.25) is 0 Å². The molecule has 0 aromatic heterocycles. The second kappa shape index (κ2) is 4.60. The lowest BCUT2D eigenvalue weighted by Gasteiger charge is -2.28. The van der Waals surface area contributed by atoms with Crippen molar-refractivity contribution in [1.29, 1.82) is 0 Å². The van der Waals surface area contributed by atoms with Gasteiger partial charge < -0.3 is 13.6 Å². The van der Waals surface area contributed by atoms with Gasteiger partial charge in [-0.3, -0.25) is 0 Å². The van der Waals surface area contributed by atoms with Crippen molar-refractivity contribution in [3.63, 3.8) is 0 Å². The fourth-order valence-electron chi connectivity index (χ4n) is 1.54. The average molecular weight is 262 g/mol. The molecule has 0 spiro atoms.